The highest BCUT2D eigenvalue weighted by Crippen LogP contribution is 2.00. The zero-order valence-corrected chi connectivity index (χ0v) is 8.39. The van der Waals surface area contributed by atoms with Crippen molar-refractivity contribution in [1.29, 1.82) is 0 Å². The summed E-state index contributed by atoms with van der Waals surface area (Å²) in [6.45, 7) is 2.64. The lowest BCUT2D eigenvalue weighted by atomic mass is 10.2. The Morgan fingerprint density at radius 1 is 1.36 bits per heavy atom. The van der Waals surface area contributed by atoms with Gasteiger partial charge in [0.1, 0.15) is 0 Å². The van der Waals surface area contributed by atoms with Crippen molar-refractivity contribution in [2.45, 2.75) is 13.0 Å². The molecule has 0 aliphatic carbocycles. The van der Waals surface area contributed by atoms with Crippen LogP contribution in [-0.4, -0.2) is 24.4 Å². The summed E-state index contributed by atoms with van der Waals surface area (Å²) < 4.78 is 5.18. The SMILES string of the molecule is CC(O)COCC=Cc1ccccc1. The van der Waals surface area contributed by atoms with E-state index >= 15 is 0 Å². The molecule has 0 radical (unpaired) electrons. The normalized spacial score (nSPS) is 13.3. The van der Waals surface area contributed by atoms with Gasteiger partial charge in [-0.15, -0.1) is 0 Å². The minimum atomic E-state index is -0.389. The molecule has 0 amide bonds. The molecule has 1 N–H and O–H groups in total. The number of ether oxygens (including phenoxy) is 1. The Kier molecular flexibility index (Phi) is 4.97. The third-order valence-electron chi connectivity index (χ3n) is 1.68. The molecule has 1 rings (SSSR count). The predicted octanol–water partition coefficient (Wildman–Crippen LogP) is 2.10. The summed E-state index contributed by atoms with van der Waals surface area (Å²) in [5.74, 6) is 0. The minimum absolute atomic E-state index is 0.388. The molecule has 2 nitrogen and oxygen atoms in total. The third kappa shape index (κ3) is 4.80. The van der Waals surface area contributed by atoms with Crippen LogP contribution in [-0.2, 0) is 4.74 Å². The van der Waals surface area contributed by atoms with Crippen molar-refractivity contribution in [2.75, 3.05) is 13.2 Å². The van der Waals surface area contributed by atoms with Gasteiger partial charge in [-0.25, -0.2) is 0 Å². The second kappa shape index (κ2) is 6.35. The van der Waals surface area contributed by atoms with E-state index < -0.39 is 0 Å². The molecule has 1 aromatic rings. The summed E-state index contributed by atoms with van der Waals surface area (Å²) in [6.07, 6.45) is 3.56. The maximum Gasteiger partial charge on any atom is 0.0745 e. The van der Waals surface area contributed by atoms with Gasteiger partial charge in [-0.1, -0.05) is 42.5 Å². The molecular weight excluding hydrogens is 176 g/mol. The van der Waals surface area contributed by atoms with Crippen molar-refractivity contribution in [2.24, 2.45) is 0 Å². The van der Waals surface area contributed by atoms with Crippen LogP contribution in [0.15, 0.2) is 36.4 Å². The highest BCUT2D eigenvalue weighted by molar-refractivity contribution is 5.48. The minimum Gasteiger partial charge on any atom is -0.391 e. The summed E-state index contributed by atoms with van der Waals surface area (Å²) in [7, 11) is 0. The fourth-order valence-electron chi connectivity index (χ4n) is 1.05. The van der Waals surface area contributed by atoms with Gasteiger partial charge in [0.25, 0.3) is 0 Å². The summed E-state index contributed by atoms with van der Waals surface area (Å²) >= 11 is 0. The first-order valence-corrected chi connectivity index (χ1v) is 4.76. The van der Waals surface area contributed by atoms with Gasteiger partial charge in [-0.3, -0.25) is 0 Å². The van der Waals surface area contributed by atoms with E-state index in [2.05, 4.69) is 0 Å². The smallest absolute Gasteiger partial charge is 0.0745 e. The average molecular weight is 192 g/mol. The second-order valence-corrected chi connectivity index (χ2v) is 3.20. The van der Waals surface area contributed by atoms with Crippen LogP contribution < -0.4 is 0 Å². The van der Waals surface area contributed by atoms with Crippen LogP contribution in [0.3, 0.4) is 0 Å². The van der Waals surface area contributed by atoms with Crippen LogP contribution in [0.4, 0.5) is 0 Å². The van der Waals surface area contributed by atoms with E-state index in [1.54, 1.807) is 6.92 Å². The van der Waals surface area contributed by atoms with Crippen LogP contribution in [0.1, 0.15) is 12.5 Å². The number of aliphatic hydroxyl groups is 1. The molecular formula is C12H16O2. The summed E-state index contributed by atoms with van der Waals surface area (Å²) in [5, 5.41) is 8.92. The Labute approximate surface area is 84.8 Å². The maximum atomic E-state index is 8.92. The maximum absolute atomic E-state index is 8.92. The summed E-state index contributed by atoms with van der Waals surface area (Å²) in [5.41, 5.74) is 1.16. The fourth-order valence-corrected chi connectivity index (χ4v) is 1.05. The monoisotopic (exact) mass is 192 g/mol. The van der Waals surface area contributed by atoms with Crippen LogP contribution in [0.25, 0.3) is 6.08 Å². The Hall–Kier alpha value is -1.12. The lowest BCUT2D eigenvalue weighted by Gasteiger charge is -2.02. The largest absolute Gasteiger partial charge is 0.391 e. The van der Waals surface area contributed by atoms with E-state index in [4.69, 9.17) is 9.84 Å². The lowest BCUT2D eigenvalue weighted by Crippen LogP contribution is -2.09. The van der Waals surface area contributed by atoms with Crippen LogP contribution in [0.2, 0.25) is 0 Å². The van der Waals surface area contributed by atoms with Gasteiger partial charge in [0.15, 0.2) is 0 Å². The predicted molar refractivity (Wildman–Crippen MR) is 58.0 cm³/mol. The number of rotatable bonds is 5. The number of hydrogen-bond acceptors (Lipinski definition) is 2. The van der Waals surface area contributed by atoms with Gasteiger partial charge in [0, 0.05) is 0 Å². The van der Waals surface area contributed by atoms with Crippen molar-refractivity contribution in [3.63, 3.8) is 0 Å². The molecule has 0 aliphatic heterocycles. The molecule has 0 spiro atoms. The third-order valence-corrected chi connectivity index (χ3v) is 1.68. The zero-order valence-electron chi connectivity index (χ0n) is 8.39. The van der Waals surface area contributed by atoms with Crippen LogP contribution in [0, 0.1) is 0 Å². The molecule has 0 saturated heterocycles. The second-order valence-electron chi connectivity index (χ2n) is 3.20. The summed E-state index contributed by atoms with van der Waals surface area (Å²) in [4.78, 5) is 0. The van der Waals surface area contributed by atoms with Gasteiger partial charge in [0.2, 0.25) is 0 Å². The molecule has 1 unspecified atom stereocenters. The van der Waals surface area contributed by atoms with Gasteiger partial charge < -0.3 is 9.84 Å². The molecule has 0 heterocycles. The van der Waals surface area contributed by atoms with Crippen molar-refractivity contribution in [3.05, 3.63) is 42.0 Å². The first kappa shape index (κ1) is 11.0. The van der Waals surface area contributed by atoms with Gasteiger partial charge >= 0.3 is 0 Å². The molecule has 0 saturated carbocycles. The average Bonchev–Trinajstić information content (AvgIpc) is 2.18. The number of benzene rings is 1. The molecule has 0 fully saturated rings. The Morgan fingerprint density at radius 3 is 2.71 bits per heavy atom. The quantitative estimate of drug-likeness (QED) is 0.724. The molecule has 0 aliphatic rings. The Balaban J connectivity index is 2.21. The first-order chi connectivity index (χ1) is 6.79. The summed E-state index contributed by atoms with van der Waals surface area (Å²) in [6, 6.07) is 10.0. The van der Waals surface area contributed by atoms with E-state index in [0.717, 1.165) is 5.56 Å². The molecule has 2 heteroatoms. The molecule has 0 bridgehead atoms. The Bertz CT molecular complexity index is 265. The van der Waals surface area contributed by atoms with Crippen LogP contribution >= 0.6 is 0 Å². The van der Waals surface area contributed by atoms with Crippen LogP contribution in [0.5, 0.6) is 0 Å². The fraction of sp³-hybridized carbons (Fsp3) is 0.333. The molecule has 1 atom stereocenters. The highest BCUT2D eigenvalue weighted by atomic mass is 16.5. The van der Waals surface area contributed by atoms with Gasteiger partial charge in [-0.2, -0.15) is 0 Å². The van der Waals surface area contributed by atoms with E-state index in [-0.39, 0.29) is 6.10 Å². The number of aliphatic hydroxyl groups excluding tert-OH is 1. The number of hydrogen-bond donors (Lipinski definition) is 1. The molecule has 0 aromatic heterocycles. The van der Waals surface area contributed by atoms with Gasteiger partial charge in [-0.05, 0) is 12.5 Å². The first-order valence-electron chi connectivity index (χ1n) is 4.76. The van der Waals surface area contributed by atoms with Crippen molar-refractivity contribution in [1.82, 2.24) is 0 Å². The highest BCUT2D eigenvalue weighted by Gasteiger charge is 1.91. The zero-order chi connectivity index (χ0) is 10.2. The van der Waals surface area contributed by atoms with E-state index in [0.29, 0.717) is 13.2 Å². The van der Waals surface area contributed by atoms with Crippen molar-refractivity contribution < 1.29 is 9.84 Å². The van der Waals surface area contributed by atoms with Gasteiger partial charge in [0.05, 0.1) is 19.3 Å². The standard InChI is InChI=1S/C12H16O2/c1-11(13)10-14-9-5-8-12-6-3-2-4-7-12/h2-8,11,13H,9-10H2,1H3. The topological polar surface area (TPSA) is 29.5 Å². The van der Waals surface area contributed by atoms with Crippen molar-refractivity contribution in [3.8, 4) is 0 Å². The molecule has 14 heavy (non-hydrogen) atoms. The van der Waals surface area contributed by atoms with E-state index in [9.17, 15) is 0 Å². The molecule has 76 valence electrons. The van der Waals surface area contributed by atoms with Crippen molar-refractivity contribution >= 4 is 6.08 Å². The van der Waals surface area contributed by atoms with E-state index in [1.807, 2.05) is 42.5 Å². The molecule has 1 aromatic carbocycles. The lowest BCUT2D eigenvalue weighted by molar-refractivity contribution is 0.0600. The van der Waals surface area contributed by atoms with E-state index in [1.165, 1.54) is 0 Å². The Morgan fingerprint density at radius 2 is 2.07 bits per heavy atom.